The number of benzene rings is 2. The maximum Gasteiger partial charge on any atom is 0.243 e. The van der Waals surface area contributed by atoms with Crippen LogP contribution in [0.4, 0.5) is 11.4 Å². The minimum Gasteiger partial charge on any atom is -0.494 e. The number of anilines is 2. The van der Waals surface area contributed by atoms with Gasteiger partial charge in [-0.15, -0.1) is 0 Å². The minimum atomic E-state index is -0.135. The summed E-state index contributed by atoms with van der Waals surface area (Å²) in [4.78, 5) is 12.2. The van der Waals surface area contributed by atoms with Crippen molar-refractivity contribution < 1.29 is 14.3 Å². The number of ether oxygens (including phenoxy) is 2. The van der Waals surface area contributed by atoms with Crippen LogP contribution in [-0.4, -0.2) is 25.7 Å². The van der Waals surface area contributed by atoms with Crippen LogP contribution in [0.1, 0.15) is 26.7 Å². The molecular weight excluding hydrogens is 340 g/mol. The summed E-state index contributed by atoms with van der Waals surface area (Å²) in [7, 11) is 0. The summed E-state index contributed by atoms with van der Waals surface area (Å²) in [5, 5.41) is 5.98. The van der Waals surface area contributed by atoms with Crippen LogP contribution in [0.15, 0.2) is 60.7 Å². The Labute approximate surface area is 161 Å². The highest BCUT2D eigenvalue weighted by Crippen LogP contribution is 2.24. The molecule has 144 valence electrons. The summed E-state index contributed by atoms with van der Waals surface area (Å²) >= 11 is 0. The monoisotopic (exact) mass is 368 g/mol. The third kappa shape index (κ3) is 7.44. The SMILES string of the molecule is C=C(C)COc1ccccc1NCC(=O)Nc1ccc(OCCCC)cc1. The first-order chi connectivity index (χ1) is 13.1. The second-order valence-electron chi connectivity index (χ2n) is 6.37. The van der Waals surface area contributed by atoms with Crippen molar-refractivity contribution in [2.75, 3.05) is 30.4 Å². The lowest BCUT2D eigenvalue weighted by Gasteiger charge is -2.13. The quantitative estimate of drug-likeness (QED) is 0.439. The molecule has 0 saturated heterocycles. The van der Waals surface area contributed by atoms with E-state index in [9.17, 15) is 4.79 Å². The first kappa shape index (κ1) is 20.4. The van der Waals surface area contributed by atoms with Crippen LogP contribution >= 0.6 is 0 Å². The van der Waals surface area contributed by atoms with Gasteiger partial charge in [-0.3, -0.25) is 4.79 Å². The Hall–Kier alpha value is -2.95. The van der Waals surface area contributed by atoms with Crippen molar-refractivity contribution in [1.82, 2.24) is 0 Å². The van der Waals surface area contributed by atoms with E-state index in [4.69, 9.17) is 9.47 Å². The molecule has 0 fully saturated rings. The van der Waals surface area contributed by atoms with Gasteiger partial charge >= 0.3 is 0 Å². The molecule has 2 rings (SSSR count). The van der Waals surface area contributed by atoms with Crippen LogP contribution in [0, 0.1) is 0 Å². The molecular formula is C22H28N2O3. The molecule has 0 aliphatic rings. The van der Waals surface area contributed by atoms with E-state index in [0.29, 0.717) is 19.0 Å². The molecule has 0 radical (unpaired) electrons. The molecule has 5 heteroatoms. The van der Waals surface area contributed by atoms with Gasteiger partial charge in [0.15, 0.2) is 0 Å². The van der Waals surface area contributed by atoms with Gasteiger partial charge in [0.25, 0.3) is 0 Å². The minimum absolute atomic E-state index is 0.135. The van der Waals surface area contributed by atoms with Gasteiger partial charge in [0.1, 0.15) is 18.1 Å². The topological polar surface area (TPSA) is 59.6 Å². The van der Waals surface area contributed by atoms with Gasteiger partial charge < -0.3 is 20.1 Å². The summed E-state index contributed by atoms with van der Waals surface area (Å²) in [6, 6.07) is 14.9. The van der Waals surface area contributed by atoms with Gasteiger partial charge in [-0.05, 0) is 55.3 Å². The van der Waals surface area contributed by atoms with Gasteiger partial charge in [-0.1, -0.05) is 32.1 Å². The van der Waals surface area contributed by atoms with Crippen molar-refractivity contribution in [2.45, 2.75) is 26.7 Å². The van der Waals surface area contributed by atoms with Crippen LogP contribution in [0.2, 0.25) is 0 Å². The van der Waals surface area contributed by atoms with Crippen LogP contribution in [0.5, 0.6) is 11.5 Å². The number of carbonyl (C=O) groups excluding carboxylic acids is 1. The molecule has 0 aliphatic carbocycles. The summed E-state index contributed by atoms with van der Waals surface area (Å²) in [6.07, 6.45) is 2.13. The lowest BCUT2D eigenvalue weighted by Crippen LogP contribution is -2.22. The summed E-state index contributed by atoms with van der Waals surface area (Å²) in [5.41, 5.74) is 2.44. The molecule has 2 aromatic carbocycles. The molecule has 2 aromatic rings. The van der Waals surface area contributed by atoms with Gasteiger partial charge in [0, 0.05) is 5.69 Å². The molecule has 0 atom stereocenters. The zero-order valence-corrected chi connectivity index (χ0v) is 16.1. The molecule has 0 spiro atoms. The molecule has 0 aromatic heterocycles. The highest BCUT2D eigenvalue weighted by Gasteiger charge is 2.06. The average Bonchev–Trinajstić information content (AvgIpc) is 2.67. The maximum atomic E-state index is 12.2. The summed E-state index contributed by atoms with van der Waals surface area (Å²) in [6.45, 7) is 9.15. The zero-order valence-electron chi connectivity index (χ0n) is 16.1. The number of para-hydroxylation sites is 2. The van der Waals surface area contributed by atoms with E-state index in [1.165, 1.54) is 0 Å². The van der Waals surface area contributed by atoms with E-state index in [0.717, 1.165) is 35.5 Å². The number of amides is 1. The molecule has 0 aliphatic heterocycles. The number of rotatable bonds is 11. The first-order valence-corrected chi connectivity index (χ1v) is 9.21. The number of carbonyl (C=O) groups is 1. The Morgan fingerprint density at radius 1 is 1.07 bits per heavy atom. The highest BCUT2D eigenvalue weighted by atomic mass is 16.5. The van der Waals surface area contributed by atoms with Gasteiger partial charge in [-0.25, -0.2) is 0 Å². The third-order valence-electron chi connectivity index (χ3n) is 3.71. The van der Waals surface area contributed by atoms with Crippen molar-refractivity contribution in [3.8, 4) is 11.5 Å². The van der Waals surface area contributed by atoms with Gasteiger partial charge in [0.05, 0.1) is 18.8 Å². The van der Waals surface area contributed by atoms with Gasteiger partial charge in [0.2, 0.25) is 5.91 Å². The Bertz CT molecular complexity index is 741. The lowest BCUT2D eigenvalue weighted by atomic mass is 10.2. The van der Waals surface area contributed by atoms with Crippen molar-refractivity contribution in [3.05, 3.63) is 60.7 Å². The third-order valence-corrected chi connectivity index (χ3v) is 3.71. The smallest absolute Gasteiger partial charge is 0.243 e. The summed E-state index contributed by atoms with van der Waals surface area (Å²) in [5.74, 6) is 1.37. The second kappa shape index (κ2) is 10.9. The Morgan fingerprint density at radius 2 is 1.81 bits per heavy atom. The van der Waals surface area contributed by atoms with Gasteiger partial charge in [-0.2, -0.15) is 0 Å². The molecule has 2 N–H and O–H groups in total. The van der Waals surface area contributed by atoms with E-state index in [1.807, 2.05) is 55.5 Å². The molecule has 0 heterocycles. The molecule has 1 amide bonds. The summed E-state index contributed by atoms with van der Waals surface area (Å²) < 4.78 is 11.3. The maximum absolute atomic E-state index is 12.2. The van der Waals surface area contributed by atoms with E-state index >= 15 is 0 Å². The van der Waals surface area contributed by atoms with E-state index in [1.54, 1.807) is 0 Å². The number of nitrogens with one attached hydrogen (secondary N) is 2. The Kier molecular flexibility index (Phi) is 8.23. The van der Waals surface area contributed by atoms with Crippen LogP contribution in [0.3, 0.4) is 0 Å². The highest BCUT2D eigenvalue weighted by molar-refractivity contribution is 5.94. The Balaban J connectivity index is 1.83. The number of hydrogen-bond acceptors (Lipinski definition) is 4. The van der Waals surface area contributed by atoms with Crippen LogP contribution in [0.25, 0.3) is 0 Å². The fraction of sp³-hybridized carbons (Fsp3) is 0.318. The molecule has 0 saturated carbocycles. The van der Waals surface area contributed by atoms with Crippen molar-refractivity contribution >= 4 is 17.3 Å². The Morgan fingerprint density at radius 3 is 2.52 bits per heavy atom. The number of unbranched alkanes of at least 4 members (excludes halogenated alkanes) is 1. The van der Waals surface area contributed by atoms with Crippen molar-refractivity contribution in [2.24, 2.45) is 0 Å². The molecule has 0 unspecified atom stereocenters. The molecule has 27 heavy (non-hydrogen) atoms. The zero-order chi connectivity index (χ0) is 19.5. The standard InChI is InChI=1S/C22H28N2O3/c1-4-5-14-26-19-12-10-18(11-13-19)24-22(25)15-23-20-8-6-7-9-21(20)27-16-17(2)3/h6-13,23H,2,4-5,14-16H2,1,3H3,(H,24,25). The predicted molar refractivity (Wildman–Crippen MR) is 111 cm³/mol. The van der Waals surface area contributed by atoms with E-state index in [-0.39, 0.29) is 12.5 Å². The fourth-order valence-corrected chi connectivity index (χ4v) is 2.29. The average molecular weight is 368 g/mol. The van der Waals surface area contributed by atoms with E-state index < -0.39 is 0 Å². The van der Waals surface area contributed by atoms with Crippen LogP contribution < -0.4 is 20.1 Å². The van der Waals surface area contributed by atoms with Crippen LogP contribution in [-0.2, 0) is 4.79 Å². The molecule has 5 nitrogen and oxygen atoms in total. The first-order valence-electron chi connectivity index (χ1n) is 9.21. The predicted octanol–water partition coefficient (Wildman–Crippen LogP) is 4.87. The van der Waals surface area contributed by atoms with Crippen molar-refractivity contribution in [3.63, 3.8) is 0 Å². The largest absolute Gasteiger partial charge is 0.494 e. The molecule has 0 bridgehead atoms. The fourth-order valence-electron chi connectivity index (χ4n) is 2.29. The number of hydrogen-bond donors (Lipinski definition) is 2. The van der Waals surface area contributed by atoms with E-state index in [2.05, 4.69) is 24.1 Å². The second-order valence-corrected chi connectivity index (χ2v) is 6.37. The lowest BCUT2D eigenvalue weighted by molar-refractivity contribution is -0.114. The van der Waals surface area contributed by atoms with Crippen molar-refractivity contribution in [1.29, 1.82) is 0 Å². The normalized spacial score (nSPS) is 10.1.